The normalized spacial score (nSPS) is 10.3. The van der Waals surface area contributed by atoms with E-state index < -0.39 is 0 Å². The first kappa shape index (κ1) is 11.0. The maximum Gasteiger partial charge on any atom is 0.101 e. The maximum absolute atomic E-state index is 8.87. The third kappa shape index (κ3) is 2.53. The molecule has 0 fully saturated rings. The Balaban J connectivity index is 2.32. The fourth-order valence-corrected chi connectivity index (χ4v) is 1.58. The molecule has 0 aliphatic rings. The Kier molecular flexibility index (Phi) is 3.23. The van der Waals surface area contributed by atoms with Crippen molar-refractivity contribution in [3.8, 4) is 6.07 Å². The molecule has 2 rings (SSSR count). The number of benzene rings is 2. The van der Waals surface area contributed by atoms with Crippen LogP contribution in [0.5, 0.6) is 0 Å². The van der Waals surface area contributed by atoms with Crippen LogP contribution in [0.1, 0.15) is 16.7 Å². The topological polar surface area (TPSA) is 49.8 Å². The monoisotopic (exact) mass is 220 g/mol. The molecular formula is C15H12N2. The molecule has 0 amide bonds. The molecule has 0 aromatic heterocycles. The van der Waals surface area contributed by atoms with Crippen LogP contribution >= 0.6 is 0 Å². The first-order chi connectivity index (χ1) is 8.31. The van der Waals surface area contributed by atoms with Gasteiger partial charge in [0.05, 0.1) is 11.3 Å². The standard InChI is InChI=1S/C15H12N2/c16-11-14-8-4-7-13(15(14)17)10-9-12-5-2-1-3-6-12/h1-10H,17H2. The summed E-state index contributed by atoms with van der Waals surface area (Å²) >= 11 is 0. The number of nitriles is 1. The van der Waals surface area contributed by atoms with Gasteiger partial charge in [0.25, 0.3) is 0 Å². The summed E-state index contributed by atoms with van der Waals surface area (Å²) < 4.78 is 0. The molecule has 0 heterocycles. The highest BCUT2D eigenvalue weighted by atomic mass is 14.6. The molecule has 2 N–H and O–H groups in total. The molecule has 17 heavy (non-hydrogen) atoms. The van der Waals surface area contributed by atoms with E-state index in [4.69, 9.17) is 11.0 Å². The van der Waals surface area contributed by atoms with Gasteiger partial charge in [-0.15, -0.1) is 0 Å². The van der Waals surface area contributed by atoms with Gasteiger partial charge in [-0.25, -0.2) is 0 Å². The van der Waals surface area contributed by atoms with Crippen LogP contribution in [0.4, 0.5) is 5.69 Å². The summed E-state index contributed by atoms with van der Waals surface area (Å²) in [6.45, 7) is 0. The smallest absolute Gasteiger partial charge is 0.101 e. The van der Waals surface area contributed by atoms with E-state index in [1.807, 2.05) is 54.6 Å². The summed E-state index contributed by atoms with van der Waals surface area (Å²) in [5, 5.41) is 8.87. The molecule has 2 aromatic carbocycles. The van der Waals surface area contributed by atoms with E-state index in [-0.39, 0.29) is 0 Å². The predicted molar refractivity (Wildman–Crippen MR) is 70.9 cm³/mol. The lowest BCUT2D eigenvalue weighted by atomic mass is 10.1. The van der Waals surface area contributed by atoms with Gasteiger partial charge in [-0.1, -0.05) is 54.6 Å². The number of para-hydroxylation sites is 1. The number of nitrogens with two attached hydrogens (primary N) is 1. The maximum atomic E-state index is 8.87. The van der Waals surface area contributed by atoms with Gasteiger partial charge in [0, 0.05) is 0 Å². The number of hydrogen-bond donors (Lipinski definition) is 1. The van der Waals surface area contributed by atoms with Crippen LogP contribution in [-0.4, -0.2) is 0 Å². The molecule has 0 atom stereocenters. The zero-order valence-corrected chi connectivity index (χ0v) is 9.30. The summed E-state index contributed by atoms with van der Waals surface area (Å²) in [5.74, 6) is 0. The first-order valence-corrected chi connectivity index (χ1v) is 5.33. The molecule has 0 unspecified atom stereocenters. The Morgan fingerprint density at radius 3 is 2.41 bits per heavy atom. The van der Waals surface area contributed by atoms with Crippen molar-refractivity contribution in [3.63, 3.8) is 0 Å². The zero-order chi connectivity index (χ0) is 12.1. The Hall–Kier alpha value is -2.53. The molecule has 0 saturated heterocycles. The van der Waals surface area contributed by atoms with Crippen LogP contribution in [0.2, 0.25) is 0 Å². The minimum absolute atomic E-state index is 0.514. The fraction of sp³-hybridized carbons (Fsp3) is 0. The van der Waals surface area contributed by atoms with Gasteiger partial charge in [-0.2, -0.15) is 5.26 Å². The predicted octanol–water partition coefficient (Wildman–Crippen LogP) is 3.31. The molecule has 0 spiro atoms. The number of anilines is 1. The second-order valence-corrected chi connectivity index (χ2v) is 3.66. The summed E-state index contributed by atoms with van der Waals surface area (Å²) in [6, 6.07) is 17.5. The van der Waals surface area contributed by atoms with Crippen LogP contribution in [0.3, 0.4) is 0 Å². The van der Waals surface area contributed by atoms with Crippen LogP contribution < -0.4 is 5.73 Å². The quantitative estimate of drug-likeness (QED) is 0.623. The molecule has 2 nitrogen and oxygen atoms in total. The van der Waals surface area contributed by atoms with Gasteiger partial charge < -0.3 is 5.73 Å². The average Bonchev–Trinajstić information content (AvgIpc) is 2.39. The van der Waals surface area contributed by atoms with E-state index in [0.29, 0.717) is 11.3 Å². The Labute approximate surface area is 101 Å². The minimum Gasteiger partial charge on any atom is -0.397 e. The minimum atomic E-state index is 0.514. The molecule has 2 aromatic rings. The molecule has 0 aliphatic heterocycles. The summed E-state index contributed by atoms with van der Waals surface area (Å²) in [6.07, 6.45) is 3.90. The highest BCUT2D eigenvalue weighted by molar-refractivity contribution is 5.78. The second kappa shape index (κ2) is 5.00. The van der Waals surface area contributed by atoms with Crippen molar-refractivity contribution in [1.29, 1.82) is 5.26 Å². The van der Waals surface area contributed by atoms with Crippen molar-refractivity contribution in [2.24, 2.45) is 0 Å². The highest BCUT2D eigenvalue weighted by Gasteiger charge is 2.00. The third-order valence-electron chi connectivity index (χ3n) is 2.52. The SMILES string of the molecule is N#Cc1cccc(C=Cc2ccccc2)c1N. The van der Waals surface area contributed by atoms with Crippen molar-refractivity contribution in [1.82, 2.24) is 0 Å². The highest BCUT2D eigenvalue weighted by Crippen LogP contribution is 2.19. The average molecular weight is 220 g/mol. The van der Waals surface area contributed by atoms with Gasteiger partial charge in [0.2, 0.25) is 0 Å². The van der Waals surface area contributed by atoms with Crippen LogP contribution in [0.25, 0.3) is 12.2 Å². The summed E-state index contributed by atoms with van der Waals surface area (Å²) in [7, 11) is 0. The van der Waals surface area contributed by atoms with E-state index in [2.05, 4.69) is 6.07 Å². The number of nitrogen functional groups attached to an aromatic ring is 1. The van der Waals surface area contributed by atoms with Crippen molar-refractivity contribution in [2.45, 2.75) is 0 Å². The van der Waals surface area contributed by atoms with Gasteiger partial charge in [-0.3, -0.25) is 0 Å². The second-order valence-electron chi connectivity index (χ2n) is 3.66. The van der Waals surface area contributed by atoms with Gasteiger partial charge in [0.15, 0.2) is 0 Å². The van der Waals surface area contributed by atoms with E-state index in [1.54, 1.807) is 6.07 Å². The molecule has 2 heteroatoms. The van der Waals surface area contributed by atoms with Gasteiger partial charge >= 0.3 is 0 Å². The molecule has 0 saturated carbocycles. The third-order valence-corrected chi connectivity index (χ3v) is 2.52. The van der Waals surface area contributed by atoms with Gasteiger partial charge in [-0.05, 0) is 17.2 Å². The number of nitrogens with zero attached hydrogens (tertiary/aromatic N) is 1. The molecular weight excluding hydrogens is 208 g/mol. The van der Waals surface area contributed by atoms with E-state index >= 15 is 0 Å². The lowest BCUT2D eigenvalue weighted by Gasteiger charge is -2.01. The molecule has 82 valence electrons. The first-order valence-electron chi connectivity index (χ1n) is 5.33. The zero-order valence-electron chi connectivity index (χ0n) is 9.30. The summed E-state index contributed by atoms with van der Waals surface area (Å²) in [5.41, 5.74) is 8.90. The van der Waals surface area contributed by atoms with Crippen molar-refractivity contribution in [2.75, 3.05) is 5.73 Å². The molecule has 0 aliphatic carbocycles. The number of hydrogen-bond acceptors (Lipinski definition) is 2. The van der Waals surface area contributed by atoms with Crippen LogP contribution in [0, 0.1) is 11.3 Å². The lowest BCUT2D eigenvalue weighted by Crippen LogP contribution is -1.93. The van der Waals surface area contributed by atoms with Crippen LogP contribution in [-0.2, 0) is 0 Å². The lowest BCUT2D eigenvalue weighted by molar-refractivity contribution is 1.48. The van der Waals surface area contributed by atoms with E-state index in [1.165, 1.54) is 0 Å². The van der Waals surface area contributed by atoms with Crippen LogP contribution in [0.15, 0.2) is 48.5 Å². The van der Waals surface area contributed by atoms with Crippen molar-refractivity contribution < 1.29 is 0 Å². The Morgan fingerprint density at radius 1 is 0.941 bits per heavy atom. The molecule has 0 radical (unpaired) electrons. The number of rotatable bonds is 2. The Bertz CT molecular complexity index is 578. The van der Waals surface area contributed by atoms with Crippen molar-refractivity contribution in [3.05, 3.63) is 65.2 Å². The van der Waals surface area contributed by atoms with Crippen molar-refractivity contribution >= 4 is 17.8 Å². The largest absolute Gasteiger partial charge is 0.397 e. The van der Waals surface area contributed by atoms with E-state index in [0.717, 1.165) is 11.1 Å². The summed E-state index contributed by atoms with van der Waals surface area (Å²) in [4.78, 5) is 0. The van der Waals surface area contributed by atoms with Gasteiger partial charge in [0.1, 0.15) is 6.07 Å². The molecule has 0 bridgehead atoms. The Morgan fingerprint density at radius 2 is 1.71 bits per heavy atom. The fourth-order valence-electron chi connectivity index (χ4n) is 1.58. The van der Waals surface area contributed by atoms with E-state index in [9.17, 15) is 0 Å².